The molecule has 1 N–H and O–H groups in total. The van der Waals surface area contributed by atoms with E-state index in [1.165, 1.54) is 6.92 Å². The number of ether oxygens (including phenoxy) is 1. The van der Waals surface area contributed by atoms with E-state index in [0.29, 0.717) is 6.07 Å². The van der Waals surface area contributed by atoms with Crippen LogP contribution in [0, 0.1) is 31.3 Å². The Morgan fingerprint density at radius 3 is 2.20 bits per heavy atom. The maximum absolute atomic E-state index is 13.6. The number of carbonyl (C=O) groups excluding carboxylic acids is 2. The lowest BCUT2D eigenvalue weighted by molar-refractivity contribution is -0.123. The summed E-state index contributed by atoms with van der Waals surface area (Å²) in [5.74, 6) is -6.19. The Morgan fingerprint density at radius 1 is 1.00 bits per heavy atom. The average Bonchev–Trinajstić information content (AvgIpc) is 2.54. The Balaban J connectivity index is 2.07. The van der Waals surface area contributed by atoms with Gasteiger partial charge in [0.2, 0.25) is 0 Å². The van der Waals surface area contributed by atoms with E-state index in [-0.39, 0.29) is 5.56 Å². The highest BCUT2D eigenvalue weighted by atomic mass is 19.2. The van der Waals surface area contributed by atoms with Gasteiger partial charge in [0.25, 0.3) is 5.91 Å². The third-order valence-corrected chi connectivity index (χ3v) is 3.40. The number of carbonyl (C=O) groups is 2. The van der Waals surface area contributed by atoms with Crippen molar-refractivity contribution in [1.82, 2.24) is 0 Å². The number of hydrogen-bond donors (Lipinski definition) is 1. The number of amides is 1. The first-order chi connectivity index (χ1) is 11.7. The number of nitrogens with one attached hydrogen (secondary N) is 1. The highest BCUT2D eigenvalue weighted by molar-refractivity contribution is 5.97. The van der Waals surface area contributed by atoms with Gasteiger partial charge >= 0.3 is 5.97 Å². The molecule has 0 fully saturated rings. The van der Waals surface area contributed by atoms with Crippen LogP contribution >= 0.6 is 0 Å². The molecule has 1 unspecified atom stereocenters. The van der Waals surface area contributed by atoms with Gasteiger partial charge in [-0.3, -0.25) is 4.79 Å². The molecule has 25 heavy (non-hydrogen) atoms. The van der Waals surface area contributed by atoms with Crippen LogP contribution in [0.2, 0.25) is 0 Å². The van der Waals surface area contributed by atoms with Gasteiger partial charge in [0.1, 0.15) is 0 Å². The summed E-state index contributed by atoms with van der Waals surface area (Å²) >= 11 is 0. The van der Waals surface area contributed by atoms with Gasteiger partial charge in [-0.25, -0.2) is 18.0 Å². The van der Waals surface area contributed by atoms with Crippen molar-refractivity contribution in [2.45, 2.75) is 26.9 Å². The van der Waals surface area contributed by atoms with E-state index >= 15 is 0 Å². The van der Waals surface area contributed by atoms with Crippen molar-refractivity contribution in [2.75, 3.05) is 5.32 Å². The highest BCUT2D eigenvalue weighted by Crippen LogP contribution is 2.20. The fourth-order valence-electron chi connectivity index (χ4n) is 2.23. The summed E-state index contributed by atoms with van der Waals surface area (Å²) in [7, 11) is 0. The molecule has 132 valence electrons. The van der Waals surface area contributed by atoms with Crippen LogP contribution in [0.25, 0.3) is 0 Å². The predicted molar refractivity (Wildman–Crippen MR) is 85.7 cm³/mol. The number of rotatable bonds is 4. The standard InChI is InChI=1S/C18H16F3NO3/c1-9-6-10(2)8-12(7-9)18(24)25-11(3)17(23)22-14-5-4-13(19)15(20)16(14)21/h4-8,11H,1-3H3,(H,22,23). The Morgan fingerprint density at radius 2 is 1.60 bits per heavy atom. The van der Waals surface area contributed by atoms with Crippen molar-refractivity contribution in [3.8, 4) is 0 Å². The molecule has 0 saturated carbocycles. The molecule has 0 aromatic heterocycles. The second-order valence-corrected chi connectivity index (χ2v) is 5.64. The van der Waals surface area contributed by atoms with Gasteiger partial charge in [-0.05, 0) is 45.0 Å². The zero-order valence-corrected chi connectivity index (χ0v) is 13.8. The largest absolute Gasteiger partial charge is 0.449 e. The molecule has 0 aliphatic heterocycles. The van der Waals surface area contributed by atoms with Crippen LogP contribution in [-0.2, 0) is 9.53 Å². The first-order valence-corrected chi connectivity index (χ1v) is 7.42. The lowest BCUT2D eigenvalue weighted by atomic mass is 10.1. The lowest BCUT2D eigenvalue weighted by Crippen LogP contribution is -2.30. The summed E-state index contributed by atoms with van der Waals surface area (Å²) in [4.78, 5) is 24.1. The van der Waals surface area contributed by atoms with E-state index in [2.05, 4.69) is 5.32 Å². The Bertz CT molecular complexity index is 816. The molecule has 0 spiro atoms. The maximum atomic E-state index is 13.6. The first kappa shape index (κ1) is 18.5. The Hall–Kier alpha value is -2.83. The van der Waals surface area contributed by atoms with Crippen molar-refractivity contribution in [1.29, 1.82) is 0 Å². The molecule has 0 saturated heterocycles. The van der Waals surface area contributed by atoms with Gasteiger partial charge in [-0.2, -0.15) is 0 Å². The lowest BCUT2D eigenvalue weighted by Gasteiger charge is -2.14. The summed E-state index contributed by atoms with van der Waals surface area (Å²) in [6.07, 6.45) is -1.26. The molecule has 0 radical (unpaired) electrons. The SMILES string of the molecule is Cc1cc(C)cc(C(=O)OC(C)C(=O)Nc2ccc(F)c(F)c2F)c1. The molecular formula is C18H16F3NO3. The number of esters is 1. The molecule has 0 heterocycles. The summed E-state index contributed by atoms with van der Waals surface area (Å²) in [5, 5.41) is 2.06. The van der Waals surface area contributed by atoms with Crippen molar-refractivity contribution >= 4 is 17.6 Å². The first-order valence-electron chi connectivity index (χ1n) is 7.42. The fraction of sp³-hybridized carbons (Fsp3) is 0.222. The zero-order chi connectivity index (χ0) is 18.7. The van der Waals surface area contributed by atoms with Crippen molar-refractivity contribution in [3.63, 3.8) is 0 Å². The van der Waals surface area contributed by atoms with Gasteiger partial charge < -0.3 is 10.1 Å². The quantitative estimate of drug-likeness (QED) is 0.671. The van der Waals surface area contributed by atoms with Crippen LogP contribution in [0.3, 0.4) is 0 Å². The number of anilines is 1. The van der Waals surface area contributed by atoms with E-state index in [4.69, 9.17) is 4.74 Å². The smallest absolute Gasteiger partial charge is 0.338 e. The van der Waals surface area contributed by atoms with Crippen LogP contribution in [0.1, 0.15) is 28.4 Å². The van der Waals surface area contributed by atoms with E-state index in [0.717, 1.165) is 17.2 Å². The van der Waals surface area contributed by atoms with E-state index in [1.807, 2.05) is 19.9 Å². The van der Waals surface area contributed by atoms with Gasteiger partial charge in [-0.1, -0.05) is 17.2 Å². The van der Waals surface area contributed by atoms with Crippen molar-refractivity contribution < 1.29 is 27.5 Å². The molecule has 7 heteroatoms. The minimum absolute atomic E-state index is 0.274. The van der Waals surface area contributed by atoms with Gasteiger partial charge in [0.15, 0.2) is 23.6 Å². The molecular weight excluding hydrogens is 335 g/mol. The minimum atomic E-state index is -1.70. The van der Waals surface area contributed by atoms with E-state index < -0.39 is 41.1 Å². The molecule has 0 bridgehead atoms. The van der Waals surface area contributed by atoms with Gasteiger partial charge in [0.05, 0.1) is 11.3 Å². The summed E-state index contributed by atoms with van der Waals surface area (Å²) in [6.45, 7) is 4.91. The topological polar surface area (TPSA) is 55.4 Å². The molecule has 0 aliphatic carbocycles. The number of aryl methyl sites for hydroxylation is 2. The molecule has 2 aromatic carbocycles. The predicted octanol–water partition coefficient (Wildman–Crippen LogP) is 3.90. The number of benzene rings is 2. The van der Waals surface area contributed by atoms with E-state index in [1.54, 1.807) is 12.1 Å². The third-order valence-electron chi connectivity index (χ3n) is 3.40. The zero-order valence-electron chi connectivity index (χ0n) is 13.8. The second kappa shape index (κ2) is 7.38. The Kier molecular flexibility index (Phi) is 5.46. The van der Waals surface area contributed by atoms with Crippen LogP contribution in [0.15, 0.2) is 30.3 Å². The molecule has 1 amide bonds. The van der Waals surface area contributed by atoms with E-state index in [9.17, 15) is 22.8 Å². The average molecular weight is 351 g/mol. The Labute approximate surface area is 142 Å². The second-order valence-electron chi connectivity index (χ2n) is 5.64. The summed E-state index contributed by atoms with van der Waals surface area (Å²) < 4.78 is 44.6. The van der Waals surface area contributed by atoms with Gasteiger partial charge in [0, 0.05) is 0 Å². The highest BCUT2D eigenvalue weighted by Gasteiger charge is 2.22. The molecule has 4 nitrogen and oxygen atoms in total. The monoisotopic (exact) mass is 351 g/mol. The van der Waals surface area contributed by atoms with Crippen molar-refractivity contribution in [3.05, 3.63) is 64.5 Å². The van der Waals surface area contributed by atoms with Crippen molar-refractivity contribution in [2.24, 2.45) is 0 Å². The van der Waals surface area contributed by atoms with Crippen LogP contribution in [0.5, 0.6) is 0 Å². The summed E-state index contributed by atoms with van der Waals surface area (Å²) in [6, 6.07) is 6.65. The summed E-state index contributed by atoms with van der Waals surface area (Å²) in [5.41, 5.74) is 1.44. The number of halogens is 3. The van der Waals surface area contributed by atoms with Crippen LogP contribution in [0.4, 0.5) is 18.9 Å². The van der Waals surface area contributed by atoms with Gasteiger partial charge in [-0.15, -0.1) is 0 Å². The molecule has 0 aliphatic rings. The fourth-order valence-corrected chi connectivity index (χ4v) is 2.23. The van der Waals surface area contributed by atoms with Crippen LogP contribution in [-0.4, -0.2) is 18.0 Å². The molecule has 2 rings (SSSR count). The third kappa shape index (κ3) is 4.37. The molecule has 2 aromatic rings. The maximum Gasteiger partial charge on any atom is 0.338 e. The molecule has 1 atom stereocenters. The minimum Gasteiger partial charge on any atom is -0.449 e. The number of hydrogen-bond acceptors (Lipinski definition) is 3. The normalized spacial score (nSPS) is 11.8. The van der Waals surface area contributed by atoms with Crippen LogP contribution < -0.4 is 5.32 Å².